The lowest BCUT2D eigenvalue weighted by Gasteiger charge is -2.02. The van der Waals surface area contributed by atoms with Gasteiger partial charge in [0.25, 0.3) is 0 Å². The summed E-state index contributed by atoms with van der Waals surface area (Å²) in [5, 5.41) is 36.4. The van der Waals surface area contributed by atoms with E-state index in [0.717, 1.165) is 19.3 Å². The number of unbranched alkanes of at least 4 members (excludes halogenated alkanes) is 3. The second-order valence-electron chi connectivity index (χ2n) is 6.28. The van der Waals surface area contributed by atoms with Crippen molar-refractivity contribution in [2.45, 2.75) is 70.0 Å². The minimum atomic E-state index is -0.861. The highest BCUT2D eigenvalue weighted by Crippen LogP contribution is 2.05. The SMILES string of the molecule is O=C(O)CCCCCC=CC[C@@H](O)C=CC=CC=C[C@@H](O)CCCC(=O)O. The quantitative estimate of drug-likeness (QED) is 0.185. The third kappa shape index (κ3) is 20.0. The molecule has 4 N–H and O–H groups in total. The zero-order valence-corrected chi connectivity index (χ0v) is 15.7. The van der Waals surface area contributed by atoms with Crippen LogP contribution in [0.25, 0.3) is 0 Å². The van der Waals surface area contributed by atoms with Crippen molar-refractivity contribution in [3.8, 4) is 0 Å². The maximum absolute atomic E-state index is 10.4. The summed E-state index contributed by atoms with van der Waals surface area (Å²) >= 11 is 0. The molecule has 0 aliphatic rings. The Labute approximate surface area is 161 Å². The average Bonchev–Trinajstić information content (AvgIpc) is 2.59. The normalized spacial score (nSPS) is 14.6. The largest absolute Gasteiger partial charge is 0.481 e. The highest BCUT2D eigenvalue weighted by atomic mass is 16.4. The summed E-state index contributed by atoms with van der Waals surface area (Å²) in [5.74, 6) is -1.61. The number of carbonyl (C=O) groups is 2. The third-order valence-corrected chi connectivity index (χ3v) is 3.70. The van der Waals surface area contributed by atoms with Crippen LogP contribution in [0.3, 0.4) is 0 Å². The number of carboxylic acid groups (broad SMARTS) is 2. The zero-order valence-electron chi connectivity index (χ0n) is 15.7. The molecule has 152 valence electrons. The summed E-state index contributed by atoms with van der Waals surface area (Å²) in [6, 6.07) is 0. The molecule has 0 fully saturated rings. The lowest BCUT2D eigenvalue weighted by molar-refractivity contribution is -0.138. The van der Waals surface area contributed by atoms with Crippen molar-refractivity contribution in [3.63, 3.8) is 0 Å². The first-order valence-corrected chi connectivity index (χ1v) is 9.38. The first-order valence-electron chi connectivity index (χ1n) is 9.38. The van der Waals surface area contributed by atoms with E-state index in [1.807, 2.05) is 12.2 Å². The fourth-order valence-electron chi connectivity index (χ4n) is 2.22. The van der Waals surface area contributed by atoms with Gasteiger partial charge in [-0.15, -0.1) is 0 Å². The Morgan fingerprint density at radius 2 is 1.30 bits per heavy atom. The Balaban J connectivity index is 3.77. The van der Waals surface area contributed by atoms with E-state index in [1.54, 1.807) is 36.5 Å². The minimum absolute atomic E-state index is 0.0561. The molecule has 0 heterocycles. The molecule has 0 aromatic heterocycles. The van der Waals surface area contributed by atoms with Gasteiger partial charge in [-0.3, -0.25) is 9.59 Å². The van der Waals surface area contributed by atoms with E-state index >= 15 is 0 Å². The van der Waals surface area contributed by atoms with Crippen molar-refractivity contribution in [1.29, 1.82) is 0 Å². The number of aliphatic hydroxyl groups excluding tert-OH is 2. The maximum atomic E-state index is 10.4. The molecule has 0 unspecified atom stereocenters. The lowest BCUT2D eigenvalue weighted by atomic mass is 10.1. The van der Waals surface area contributed by atoms with Gasteiger partial charge in [0.1, 0.15) is 0 Å². The van der Waals surface area contributed by atoms with Crippen molar-refractivity contribution in [1.82, 2.24) is 0 Å². The van der Waals surface area contributed by atoms with Crippen LogP contribution in [0.2, 0.25) is 0 Å². The third-order valence-electron chi connectivity index (χ3n) is 3.70. The number of hydrogen-bond donors (Lipinski definition) is 4. The molecule has 2 atom stereocenters. The van der Waals surface area contributed by atoms with Crippen molar-refractivity contribution in [2.24, 2.45) is 0 Å². The van der Waals surface area contributed by atoms with Crippen LogP contribution in [-0.4, -0.2) is 44.6 Å². The highest BCUT2D eigenvalue weighted by molar-refractivity contribution is 5.66. The number of allylic oxidation sites excluding steroid dienone is 5. The fourth-order valence-corrected chi connectivity index (χ4v) is 2.22. The number of carboxylic acids is 2. The van der Waals surface area contributed by atoms with Crippen LogP contribution in [0.4, 0.5) is 0 Å². The topological polar surface area (TPSA) is 115 Å². The van der Waals surface area contributed by atoms with E-state index in [2.05, 4.69) is 0 Å². The molecule has 0 aromatic rings. The standard InChI is InChI=1S/C21H32O6/c22-18(12-7-3-1-2-4-10-16-20(24)25)13-8-5-6-9-14-19(23)15-11-17-21(26)27/h3,5-9,13-14,18-19,22-23H,1-2,4,10-12,15-17H2,(H,24,25)(H,26,27)/t18-,19-/m1/s1. The number of aliphatic hydroxyl groups is 2. The molecular formula is C21H32O6. The summed E-state index contributed by atoms with van der Waals surface area (Å²) in [6.45, 7) is 0. The summed E-state index contributed by atoms with van der Waals surface area (Å²) in [6.07, 6.45) is 18.0. The second kappa shape index (κ2) is 17.2. The molecule has 27 heavy (non-hydrogen) atoms. The molecule has 6 heteroatoms. The second-order valence-corrected chi connectivity index (χ2v) is 6.28. The summed E-state index contributed by atoms with van der Waals surface area (Å²) in [4.78, 5) is 20.7. The van der Waals surface area contributed by atoms with Crippen LogP contribution in [-0.2, 0) is 9.59 Å². The Bertz CT molecular complexity index is 519. The van der Waals surface area contributed by atoms with Gasteiger partial charge >= 0.3 is 11.9 Å². The molecule has 0 radical (unpaired) electrons. The van der Waals surface area contributed by atoms with Crippen LogP contribution in [0.5, 0.6) is 0 Å². The zero-order chi connectivity index (χ0) is 20.3. The van der Waals surface area contributed by atoms with Gasteiger partial charge in [0.05, 0.1) is 12.2 Å². The molecule has 0 saturated carbocycles. The molecule has 0 rings (SSSR count). The van der Waals surface area contributed by atoms with Gasteiger partial charge in [-0.2, -0.15) is 0 Å². The summed E-state index contributed by atoms with van der Waals surface area (Å²) < 4.78 is 0. The molecule has 0 spiro atoms. The minimum Gasteiger partial charge on any atom is -0.481 e. The predicted octanol–water partition coefficient (Wildman–Crippen LogP) is 3.61. The van der Waals surface area contributed by atoms with Crippen molar-refractivity contribution in [2.75, 3.05) is 0 Å². The fraction of sp³-hybridized carbons (Fsp3) is 0.524. The monoisotopic (exact) mass is 380 g/mol. The van der Waals surface area contributed by atoms with Crippen LogP contribution >= 0.6 is 0 Å². The Hall–Kier alpha value is -2.18. The number of aliphatic carboxylic acids is 2. The smallest absolute Gasteiger partial charge is 0.303 e. The summed E-state index contributed by atoms with van der Waals surface area (Å²) in [5.41, 5.74) is 0. The van der Waals surface area contributed by atoms with Crippen molar-refractivity contribution < 1.29 is 30.0 Å². The number of hydrogen-bond acceptors (Lipinski definition) is 4. The Kier molecular flexibility index (Phi) is 15.9. The van der Waals surface area contributed by atoms with Crippen molar-refractivity contribution in [3.05, 3.63) is 48.6 Å². The first kappa shape index (κ1) is 24.8. The van der Waals surface area contributed by atoms with E-state index in [4.69, 9.17) is 10.2 Å². The van der Waals surface area contributed by atoms with Crippen LogP contribution < -0.4 is 0 Å². The molecule has 0 aliphatic heterocycles. The van der Waals surface area contributed by atoms with Crippen molar-refractivity contribution >= 4 is 11.9 Å². The Morgan fingerprint density at radius 1 is 0.704 bits per heavy atom. The maximum Gasteiger partial charge on any atom is 0.303 e. The lowest BCUT2D eigenvalue weighted by Crippen LogP contribution is -2.03. The molecule has 0 saturated heterocycles. The first-order chi connectivity index (χ1) is 12.9. The Morgan fingerprint density at radius 3 is 1.93 bits per heavy atom. The van der Waals surface area contributed by atoms with Gasteiger partial charge in [-0.05, 0) is 38.5 Å². The van der Waals surface area contributed by atoms with Gasteiger partial charge in [0.2, 0.25) is 0 Å². The van der Waals surface area contributed by atoms with Gasteiger partial charge in [-0.1, -0.05) is 55.0 Å². The predicted molar refractivity (Wildman–Crippen MR) is 105 cm³/mol. The molecule has 6 nitrogen and oxygen atoms in total. The van der Waals surface area contributed by atoms with E-state index in [0.29, 0.717) is 25.7 Å². The van der Waals surface area contributed by atoms with Gasteiger partial charge in [0.15, 0.2) is 0 Å². The van der Waals surface area contributed by atoms with E-state index in [9.17, 15) is 19.8 Å². The van der Waals surface area contributed by atoms with E-state index in [-0.39, 0.29) is 12.8 Å². The highest BCUT2D eigenvalue weighted by Gasteiger charge is 2.01. The summed E-state index contributed by atoms with van der Waals surface area (Å²) in [7, 11) is 0. The molecule has 0 aromatic carbocycles. The molecular weight excluding hydrogens is 348 g/mol. The van der Waals surface area contributed by atoms with Gasteiger partial charge < -0.3 is 20.4 Å². The van der Waals surface area contributed by atoms with Gasteiger partial charge in [-0.25, -0.2) is 0 Å². The van der Waals surface area contributed by atoms with Crippen LogP contribution in [0.15, 0.2) is 48.6 Å². The van der Waals surface area contributed by atoms with E-state index < -0.39 is 24.1 Å². The molecule has 0 aliphatic carbocycles. The molecule has 0 bridgehead atoms. The average molecular weight is 380 g/mol. The van der Waals surface area contributed by atoms with Crippen LogP contribution in [0.1, 0.15) is 57.8 Å². The van der Waals surface area contributed by atoms with E-state index in [1.165, 1.54) is 0 Å². The van der Waals surface area contributed by atoms with Gasteiger partial charge in [0, 0.05) is 12.8 Å². The number of rotatable bonds is 16. The van der Waals surface area contributed by atoms with Crippen LogP contribution in [0, 0.1) is 0 Å². The molecule has 0 amide bonds.